The number of ether oxygens (including phenoxy) is 1. The number of carbonyl (C=O) groups excluding carboxylic acids is 1. The number of anilines is 2. The van der Waals surface area contributed by atoms with Crippen LogP contribution >= 0.6 is 22.9 Å². The summed E-state index contributed by atoms with van der Waals surface area (Å²) in [6, 6.07) is 4.13. The van der Waals surface area contributed by atoms with Crippen LogP contribution in [0.1, 0.15) is 48.0 Å². The molecule has 2 aliphatic rings. The number of aromatic nitrogens is 3. The fraction of sp³-hybridized carbons (Fsp3) is 0.444. The third-order valence-corrected chi connectivity index (χ3v) is 8.55. The lowest BCUT2D eigenvalue weighted by molar-refractivity contribution is -0.274. The van der Waals surface area contributed by atoms with Gasteiger partial charge in [-0.3, -0.25) is 19.8 Å². The van der Waals surface area contributed by atoms with Crippen LogP contribution in [0.3, 0.4) is 0 Å². The van der Waals surface area contributed by atoms with Crippen molar-refractivity contribution in [3.8, 4) is 17.0 Å². The molecule has 2 saturated heterocycles. The number of halogens is 4. The van der Waals surface area contributed by atoms with Crippen LogP contribution in [0, 0.1) is 5.92 Å². The van der Waals surface area contributed by atoms with Crippen molar-refractivity contribution in [2.45, 2.75) is 51.6 Å². The molecule has 1 amide bonds. The summed E-state index contributed by atoms with van der Waals surface area (Å²) < 4.78 is 42.8. The zero-order chi connectivity index (χ0) is 30.0. The van der Waals surface area contributed by atoms with Crippen LogP contribution < -0.4 is 15.0 Å². The lowest BCUT2D eigenvalue weighted by Crippen LogP contribution is -2.36. The van der Waals surface area contributed by atoms with E-state index in [1.54, 1.807) is 0 Å². The first-order valence-electron chi connectivity index (χ1n) is 13.4. The number of nitrogens with zero attached hydrogens (tertiary/aromatic N) is 5. The van der Waals surface area contributed by atoms with E-state index in [1.165, 1.54) is 35.9 Å². The number of likely N-dealkylation sites (tertiary alicyclic amines) is 1. The summed E-state index contributed by atoms with van der Waals surface area (Å²) in [5.74, 6) is -1.65. The summed E-state index contributed by atoms with van der Waals surface area (Å²) in [5, 5.41) is 12.2. The average molecular weight is 625 g/mol. The molecule has 5 rings (SSSR count). The number of benzene rings is 1. The molecule has 2 N–H and O–H groups in total. The molecule has 42 heavy (non-hydrogen) atoms. The predicted octanol–water partition coefficient (Wildman–Crippen LogP) is 5.69. The van der Waals surface area contributed by atoms with E-state index in [0.717, 1.165) is 30.3 Å². The van der Waals surface area contributed by atoms with Gasteiger partial charge >= 0.3 is 12.3 Å². The molecule has 2 fully saturated rings. The fourth-order valence-corrected chi connectivity index (χ4v) is 6.39. The van der Waals surface area contributed by atoms with Crippen LogP contribution in [0.5, 0.6) is 5.75 Å². The highest BCUT2D eigenvalue weighted by Gasteiger charge is 2.32. The minimum Gasteiger partial charge on any atom is -0.481 e. The van der Waals surface area contributed by atoms with Gasteiger partial charge in [-0.25, -0.2) is 15.0 Å². The highest BCUT2D eigenvalue weighted by molar-refractivity contribution is 7.16. The molecule has 15 heteroatoms. The maximum Gasteiger partial charge on any atom is 0.573 e. The zero-order valence-electron chi connectivity index (χ0n) is 22.5. The van der Waals surface area contributed by atoms with Gasteiger partial charge < -0.3 is 14.7 Å². The first-order chi connectivity index (χ1) is 19.9. The summed E-state index contributed by atoms with van der Waals surface area (Å²) in [7, 11) is 0. The maximum absolute atomic E-state index is 13.0. The largest absolute Gasteiger partial charge is 0.573 e. The number of hydrogen-bond donors (Lipinski definition) is 2. The number of carbonyl (C=O) groups is 2. The number of hydrogen-bond acceptors (Lipinski definition) is 9. The molecule has 1 atom stereocenters. The molecule has 1 aromatic carbocycles. The van der Waals surface area contributed by atoms with Gasteiger partial charge in [0, 0.05) is 41.1 Å². The van der Waals surface area contributed by atoms with Crippen molar-refractivity contribution in [1.82, 2.24) is 19.9 Å². The van der Waals surface area contributed by atoms with Gasteiger partial charge in [0.05, 0.1) is 24.0 Å². The molecule has 0 spiro atoms. The van der Waals surface area contributed by atoms with Crippen LogP contribution in [-0.2, 0) is 11.3 Å². The summed E-state index contributed by atoms with van der Waals surface area (Å²) in [4.78, 5) is 42.3. The first-order valence-corrected chi connectivity index (χ1v) is 14.6. The van der Waals surface area contributed by atoms with E-state index in [0.29, 0.717) is 55.6 Å². The van der Waals surface area contributed by atoms with Crippen LogP contribution in [0.15, 0.2) is 30.6 Å². The van der Waals surface area contributed by atoms with E-state index < -0.39 is 24.0 Å². The second-order valence-electron chi connectivity index (χ2n) is 10.3. The molecule has 4 heterocycles. The molecule has 2 aromatic heterocycles. The van der Waals surface area contributed by atoms with E-state index in [4.69, 9.17) is 11.6 Å². The number of carboxylic acid groups (broad SMARTS) is 1. The number of carboxylic acids is 1. The minimum absolute atomic E-state index is 0.0494. The molecule has 224 valence electrons. The monoisotopic (exact) mass is 624 g/mol. The summed E-state index contributed by atoms with van der Waals surface area (Å²) in [6.45, 7) is 4.53. The number of thiazole rings is 1. The standard InChI is InChI=1S/C27H28ClF3N6O4S/c1-15-3-2-6-37(15)14-21-23(17-9-18(28)11-19(10-17)41-27(29,30)31)34-26(42-21)35-24(38)20-12-33-22(13-32-20)36-7-4-16(5-8-36)25(39)40/h9-13,15-16H,2-8,14H2,1H3,(H,39,40)(H,34,35,38)/t15-/m1/s1. The summed E-state index contributed by atoms with van der Waals surface area (Å²) in [6.07, 6.45) is 0.991. The van der Waals surface area contributed by atoms with Gasteiger partial charge in [0.1, 0.15) is 17.3 Å². The Balaban J connectivity index is 1.35. The quantitative estimate of drug-likeness (QED) is 0.326. The Morgan fingerprint density at radius 2 is 1.90 bits per heavy atom. The van der Waals surface area contributed by atoms with Gasteiger partial charge in [-0.1, -0.05) is 22.9 Å². The van der Waals surface area contributed by atoms with Crippen molar-refractivity contribution in [3.05, 3.63) is 46.2 Å². The van der Waals surface area contributed by atoms with Crippen molar-refractivity contribution in [1.29, 1.82) is 0 Å². The molecular formula is C27H28ClF3N6O4S. The molecule has 0 unspecified atom stereocenters. The molecule has 0 saturated carbocycles. The van der Waals surface area contributed by atoms with Crippen molar-refractivity contribution in [3.63, 3.8) is 0 Å². The number of nitrogens with one attached hydrogen (secondary N) is 1. The van der Waals surface area contributed by atoms with Gasteiger partial charge in [0.25, 0.3) is 5.91 Å². The lowest BCUT2D eigenvalue weighted by atomic mass is 9.97. The predicted molar refractivity (Wildman–Crippen MR) is 151 cm³/mol. The zero-order valence-corrected chi connectivity index (χ0v) is 24.1. The third kappa shape index (κ3) is 7.28. The Hall–Kier alpha value is -3.49. The molecule has 0 aliphatic carbocycles. The van der Waals surface area contributed by atoms with E-state index in [-0.39, 0.29) is 21.8 Å². The SMILES string of the molecule is C[C@@H]1CCCN1Cc1sc(NC(=O)c2cnc(N3CCC(C(=O)O)CC3)cn2)nc1-c1cc(Cl)cc(OC(F)(F)F)c1. The minimum atomic E-state index is -4.89. The van der Waals surface area contributed by atoms with Crippen molar-refractivity contribution < 1.29 is 32.6 Å². The molecule has 0 bridgehead atoms. The lowest BCUT2D eigenvalue weighted by Gasteiger charge is -2.30. The van der Waals surface area contributed by atoms with Crippen molar-refractivity contribution in [2.24, 2.45) is 5.92 Å². The van der Waals surface area contributed by atoms with E-state index in [9.17, 15) is 27.9 Å². The van der Waals surface area contributed by atoms with Crippen molar-refractivity contribution in [2.75, 3.05) is 29.9 Å². The van der Waals surface area contributed by atoms with Crippen LogP contribution in [0.4, 0.5) is 24.1 Å². The second kappa shape index (κ2) is 12.4. The third-order valence-electron chi connectivity index (χ3n) is 7.37. The number of alkyl halides is 3. The van der Waals surface area contributed by atoms with E-state index in [2.05, 4.69) is 36.8 Å². The van der Waals surface area contributed by atoms with Gasteiger partial charge in [-0.15, -0.1) is 13.2 Å². The van der Waals surface area contributed by atoms with Crippen molar-refractivity contribution >= 4 is 45.8 Å². The first kappa shape index (κ1) is 30.0. The number of rotatable bonds is 8. The highest BCUT2D eigenvalue weighted by Crippen LogP contribution is 2.38. The summed E-state index contributed by atoms with van der Waals surface area (Å²) >= 11 is 7.36. The van der Waals surface area contributed by atoms with Crippen LogP contribution in [0.2, 0.25) is 5.02 Å². The van der Waals surface area contributed by atoms with Gasteiger partial charge in [-0.2, -0.15) is 0 Å². The number of aliphatic carboxylic acids is 1. The smallest absolute Gasteiger partial charge is 0.481 e. The Kier molecular flexibility index (Phi) is 8.85. The second-order valence-corrected chi connectivity index (χ2v) is 11.8. The molecule has 10 nitrogen and oxygen atoms in total. The Labute approximate surface area is 248 Å². The molecule has 3 aromatic rings. The van der Waals surface area contributed by atoms with Gasteiger partial charge in [0.2, 0.25) is 0 Å². The Morgan fingerprint density at radius 1 is 1.14 bits per heavy atom. The number of amides is 1. The van der Waals surface area contributed by atoms with Gasteiger partial charge in [-0.05, 0) is 57.4 Å². The Morgan fingerprint density at radius 3 is 2.52 bits per heavy atom. The topological polar surface area (TPSA) is 121 Å². The van der Waals surface area contributed by atoms with Crippen LogP contribution in [-0.4, -0.2) is 68.9 Å². The van der Waals surface area contributed by atoms with E-state index >= 15 is 0 Å². The highest BCUT2D eigenvalue weighted by atomic mass is 35.5. The molecular weight excluding hydrogens is 597 g/mol. The average Bonchev–Trinajstić information content (AvgIpc) is 3.53. The van der Waals surface area contributed by atoms with E-state index in [1.807, 2.05) is 4.90 Å². The molecule has 0 radical (unpaired) electrons. The molecule has 2 aliphatic heterocycles. The Bertz CT molecular complexity index is 1450. The summed E-state index contributed by atoms with van der Waals surface area (Å²) in [5.41, 5.74) is 0.778. The number of piperidine rings is 1. The van der Waals surface area contributed by atoms with Gasteiger partial charge in [0.15, 0.2) is 5.13 Å². The fourth-order valence-electron chi connectivity index (χ4n) is 5.16. The normalized spacial score (nSPS) is 18.3. The maximum atomic E-state index is 13.0. The van der Waals surface area contributed by atoms with Crippen LogP contribution in [0.25, 0.3) is 11.3 Å².